The van der Waals surface area contributed by atoms with Gasteiger partial charge in [0.05, 0.1) is 6.61 Å². The predicted molar refractivity (Wildman–Crippen MR) is 76.2 cm³/mol. The number of primary amides is 1. The first kappa shape index (κ1) is 14.8. The monoisotopic (exact) mass is 278 g/mol. The summed E-state index contributed by atoms with van der Waals surface area (Å²) < 4.78 is 5.93. The normalized spacial score (nSPS) is 26.2. The van der Waals surface area contributed by atoms with Crippen molar-refractivity contribution in [1.82, 2.24) is 5.32 Å². The largest absolute Gasteiger partial charge is 0.490 e. The molecule has 2 atom stereocenters. The minimum atomic E-state index is -0.659. The fourth-order valence-electron chi connectivity index (χ4n) is 2.76. The molecule has 0 saturated heterocycles. The number of hydrogen-bond acceptors (Lipinski definition) is 4. The summed E-state index contributed by atoms with van der Waals surface area (Å²) >= 11 is 0. The number of ether oxygens (including phenoxy) is 1. The van der Waals surface area contributed by atoms with E-state index in [1.165, 1.54) is 0 Å². The van der Waals surface area contributed by atoms with Crippen molar-refractivity contribution in [3.63, 3.8) is 0 Å². The average molecular weight is 278 g/mol. The van der Waals surface area contributed by atoms with E-state index in [-0.39, 0.29) is 18.6 Å². The number of nitrogens with two attached hydrogens (primary N) is 1. The van der Waals surface area contributed by atoms with Crippen LogP contribution in [0, 0.1) is 0 Å². The fraction of sp³-hybridized carbons (Fsp3) is 0.533. The molecular formula is C15H22N2O3. The first-order chi connectivity index (χ1) is 9.59. The summed E-state index contributed by atoms with van der Waals surface area (Å²) in [7, 11) is 1.77. The van der Waals surface area contributed by atoms with Gasteiger partial charge in [-0.25, -0.2) is 0 Å². The van der Waals surface area contributed by atoms with Gasteiger partial charge in [0, 0.05) is 6.42 Å². The Balaban J connectivity index is 2.03. The molecular weight excluding hydrogens is 256 g/mol. The van der Waals surface area contributed by atoms with Crippen molar-refractivity contribution in [2.75, 3.05) is 7.05 Å². The van der Waals surface area contributed by atoms with E-state index in [1.54, 1.807) is 7.05 Å². The molecule has 1 amide bonds. The van der Waals surface area contributed by atoms with Gasteiger partial charge in [0.15, 0.2) is 0 Å². The summed E-state index contributed by atoms with van der Waals surface area (Å²) in [5.74, 6) is 0.438. The Morgan fingerprint density at radius 2 is 2.20 bits per heavy atom. The molecule has 0 radical (unpaired) electrons. The average Bonchev–Trinajstić information content (AvgIpc) is 2.48. The highest BCUT2D eigenvalue weighted by molar-refractivity contribution is 5.84. The summed E-state index contributed by atoms with van der Waals surface area (Å²) in [6.07, 6.45) is 3.13. The van der Waals surface area contributed by atoms with Crippen LogP contribution in [0.4, 0.5) is 0 Å². The van der Waals surface area contributed by atoms with Crippen LogP contribution < -0.4 is 15.8 Å². The van der Waals surface area contributed by atoms with E-state index in [9.17, 15) is 4.79 Å². The highest BCUT2D eigenvalue weighted by atomic mass is 16.5. The molecule has 1 aliphatic carbocycles. The highest BCUT2D eigenvalue weighted by Crippen LogP contribution is 2.30. The van der Waals surface area contributed by atoms with Crippen LogP contribution in [0.25, 0.3) is 0 Å². The second-order valence-electron chi connectivity index (χ2n) is 5.33. The molecule has 1 saturated carbocycles. The number of aliphatic hydroxyl groups excluding tert-OH is 1. The van der Waals surface area contributed by atoms with E-state index >= 15 is 0 Å². The first-order valence-corrected chi connectivity index (χ1v) is 6.95. The molecule has 2 rings (SSSR count). The molecule has 5 nitrogen and oxygen atoms in total. The number of carbonyl (C=O) groups excluding carboxylic acids is 1. The molecule has 0 heterocycles. The second-order valence-corrected chi connectivity index (χ2v) is 5.33. The van der Waals surface area contributed by atoms with Crippen molar-refractivity contribution in [1.29, 1.82) is 0 Å². The molecule has 0 bridgehead atoms. The van der Waals surface area contributed by atoms with Crippen molar-refractivity contribution in [3.05, 3.63) is 29.8 Å². The summed E-state index contributed by atoms with van der Waals surface area (Å²) in [6, 6.07) is 7.34. The van der Waals surface area contributed by atoms with Crippen molar-refractivity contribution < 1.29 is 14.6 Å². The third-order valence-electron chi connectivity index (χ3n) is 4.06. The minimum absolute atomic E-state index is 0.0221. The Hall–Kier alpha value is -1.59. The molecule has 0 aromatic heterocycles. The highest BCUT2D eigenvalue weighted by Gasteiger charge is 2.40. The Labute approximate surface area is 119 Å². The number of aliphatic hydroxyl groups is 1. The van der Waals surface area contributed by atoms with Crippen molar-refractivity contribution in [3.8, 4) is 5.75 Å². The van der Waals surface area contributed by atoms with Gasteiger partial charge >= 0.3 is 0 Å². The van der Waals surface area contributed by atoms with E-state index in [2.05, 4.69) is 5.32 Å². The molecule has 1 aromatic rings. The van der Waals surface area contributed by atoms with Gasteiger partial charge in [-0.3, -0.25) is 4.79 Å². The first-order valence-electron chi connectivity index (χ1n) is 6.95. The standard InChI is InChI=1S/C15H22N2O3/c1-17-15(14(16)19)8-2-3-13(9-15)20-12-6-4-11(10-18)5-7-12/h4-7,13,17-18H,2-3,8-10H2,1H3,(H2,16,19). The third-order valence-corrected chi connectivity index (χ3v) is 4.06. The number of likely N-dealkylation sites (N-methyl/N-ethyl adjacent to an activating group) is 1. The summed E-state index contributed by atoms with van der Waals surface area (Å²) in [4.78, 5) is 11.7. The van der Waals surface area contributed by atoms with E-state index < -0.39 is 5.54 Å². The van der Waals surface area contributed by atoms with Crippen LogP contribution in [0.2, 0.25) is 0 Å². The van der Waals surface area contributed by atoms with Gasteiger partial charge in [-0.2, -0.15) is 0 Å². The Kier molecular flexibility index (Phi) is 4.62. The number of carbonyl (C=O) groups is 1. The van der Waals surface area contributed by atoms with Gasteiger partial charge in [0.25, 0.3) is 0 Å². The number of rotatable bonds is 5. The molecule has 1 aliphatic rings. The van der Waals surface area contributed by atoms with Gasteiger partial charge in [-0.05, 0) is 44.0 Å². The smallest absolute Gasteiger partial charge is 0.237 e. The topological polar surface area (TPSA) is 84.6 Å². The van der Waals surface area contributed by atoms with Crippen LogP contribution >= 0.6 is 0 Å². The molecule has 2 unspecified atom stereocenters. The van der Waals surface area contributed by atoms with E-state index in [1.807, 2.05) is 24.3 Å². The lowest BCUT2D eigenvalue weighted by Gasteiger charge is -2.38. The van der Waals surface area contributed by atoms with Crippen molar-refractivity contribution >= 4 is 5.91 Å². The number of benzene rings is 1. The molecule has 0 spiro atoms. The Morgan fingerprint density at radius 3 is 2.75 bits per heavy atom. The number of amides is 1. The Morgan fingerprint density at radius 1 is 1.50 bits per heavy atom. The molecule has 110 valence electrons. The van der Waals surface area contributed by atoms with E-state index in [0.29, 0.717) is 6.42 Å². The van der Waals surface area contributed by atoms with Crippen LogP contribution in [0.15, 0.2) is 24.3 Å². The zero-order chi connectivity index (χ0) is 14.6. The SMILES string of the molecule is CNC1(C(N)=O)CCCC(Oc2ccc(CO)cc2)C1. The lowest BCUT2D eigenvalue weighted by atomic mass is 9.79. The van der Waals surface area contributed by atoms with Crippen LogP contribution in [0.1, 0.15) is 31.2 Å². The summed E-state index contributed by atoms with van der Waals surface area (Å²) in [6.45, 7) is 0.0221. The minimum Gasteiger partial charge on any atom is -0.490 e. The third kappa shape index (κ3) is 3.11. The second kappa shape index (κ2) is 6.24. The van der Waals surface area contributed by atoms with Crippen LogP contribution in [-0.4, -0.2) is 29.7 Å². The predicted octanol–water partition coefficient (Wildman–Crippen LogP) is 0.944. The molecule has 4 N–H and O–H groups in total. The molecule has 1 aromatic carbocycles. The van der Waals surface area contributed by atoms with Crippen molar-refractivity contribution in [2.24, 2.45) is 5.73 Å². The zero-order valence-corrected chi connectivity index (χ0v) is 11.8. The fourth-order valence-corrected chi connectivity index (χ4v) is 2.76. The van der Waals surface area contributed by atoms with Crippen LogP contribution in [0.3, 0.4) is 0 Å². The van der Waals surface area contributed by atoms with Gasteiger partial charge < -0.3 is 20.9 Å². The van der Waals surface area contributed by atoms with Crippen molar-refractivity contribution in [2.45, 2.75) is 43.9 Å². The van der Waals surface area contributed by atoms with E-state index in [0.717, 1.165) is 30.6 Å². The van der Waals surface area contributed by atoms with Gasteiger partial charge in [0.2, 0.25) is 5.91 Å². The summed E-state index contributed by atoms with van der Waals surface area (Å²) in [5.41, 5.74) is 5.71. The maximum atomic E-state index is 11.7. The van der Waals surface area contributed by atoms with Gasteiger partial charge in [-0.15, -0.1) is 0 Å². The maximum Gasteiger partial charge on any atom is 0.237 e. The quantitative estimate of drug-likeness (QED) is 0.748. The van der Waals surface area contributed by atoms with Gasteiger partial charge in [-0.1, -0.05) is 12.1 Å². The van der Waals surface area contributed by atoms with Crippen LogP contribution in [0.5, 0.6) is 5.75 Å². The van der Waals surface area contributed by atoms with Crippen LogP contribution in [-0.2, 0) is 11.4 Å². The molecule has 5 heteroatoms. The molecule has 1 fully saturated rings. The molecule has 0 aliphatic heterocycles. The van der Waals surface area contributed by atoms with E-state index in [4.69, 9.17) is 15.6 Å². The lowest BCUT2D eigenvalue weighted by Crippen LogP contribution is -2.58. The number of hydrogen-bond donors (Lipinski definition) is 3. The van der Waals surface area contributed by atoms with Gasteiger partial charge in [0.1, 0.15) is 17.4 Å². The summed E-state index contributed by atoms with van der Waals surface area (Å²) in [5, 5.41) is 12.1. The molecule has 20 heavy (non-hydrogen) atoms. The Bertz CT molecular complexity index is 461. The maximum absolute atomic E-state index is 11.7. The lowest BCUT2D eigenvalue weighted by molar-refractivity contribution is -0.126. The zero-order valence-electron chi connectivity index (χ0n) is 11.8. The number of nitrogens with one attached hydrogen (secondary N) is 1.